The summed E-state index contributed by atoms with van der Waals surface area (Å²) in [5, 5.41) is 6.75. The van der Waals surface area contributed by atoms with Crippen molar-refractivity contribution < 1.29 is 4.79 Å². The quantitative estimate of drug-likeness (QED) is 0.542. The van der Waals surface area contributed by atoms with Gasteiger partial charge in [-0.15, -0.1) is 0 Å². The average Bonchev–Trinajstić information content (AvgIpc) is 2.65. The zero-order valence-electron chi connectivity index (χ0n) is 15.7. The van der Waals surface area contributed by atoms with Gasteiger partial charge in [-0.25, -0.2) is 9.78 Å². The lowest BCUT2D eigenvalue weighted by molar-refractivity contribution is 0.262. The third kappa shape index (κ3) is 4.57. The van der Waals surface area contributed by atoms with Crippen LogP contribution in [0.5, 0.6) is 0 Å². The highest BCUT2D eigenvalue weighted by Gasteiger charge is 2.09. The molecule has 6 heteroatoms. The molecule has 2 N–H and O–H groups in total. The first kappa shape index (κ1) is 19.2. The van der Waals surface area contributed by atoms with E-state index in [-0.39, 0.29) is 6.03 Å². The van der Waals surface area contributed by atoms with Crippen LogP contribution in [0.25, 0.3) is 10.9 Å². The van der Waals surface area contributed by atoms with Crippen molar-refractivity contribution in [1.82, 2.24) is 4.98 Å². The van der Waals surface area contributed by atoms with E-state index in [0.717, 1.165) is 51.2 Å². The molecule has 5 nitrogen and oxygen atoms in total. The Labute approximate surface area is 167 Å². The molecule has 0 saturated heterocycles. The maximum atomic E-state index is 12.3. The summed E-state index contributed by atoms with van der Waals surface area (Å²) >= 11 is 3.38. The molecule has 3 aromatic rings. The molecule has 0 atom stereocenters. The maximum Gasteiger partial charge on any atom is 0.323 e. The van der Waals surface area contributed by atoms with E-state index in [4.69, 9.17) is 4.98 Å². The summed E-state index contributed by atoms with van der Waals surface area (Å²) in [4.78, 5) is 19.2. The number of nitrogens with zero attached hydrogens (tertiary/aromatic N) is 2. The van der Waals surface area contributed by atoms with Crippen molar-refractivity contribution >= 4 is 50.1 Å². The largest absolute Gasteiger partial charge is 0.357 e. The number of aromatic nitrogens is 1. The van der Waals surface area contributed by atoms with Gasteiger partial charge in [0.1, 0.15) is 5.82 Å². The van der Waals surface area contributed by atoms with Crippen LogP contribution < -0.4 is 15.5 Å². The van der Waals surface area contributed by atoms with Crippen LogP contribution in [0.2, 0.25) is 0 Å². The third-order valence-electron chi connectivity index (χ3n) is 4.45. The van der Waals surface area contributed by atoms with Gasteiger partial charge in [-0.05, 0) is 74.9 Å². The van der Waals surface area contributed by atoms with Gasteiger partial charge in [0, 0.05) is 34.3 Å². The van der Waals surface area contributed by atoms with Gasteiger partial charge < -0.3 is 15.5 Å². The van der Waals surface area contributed by atoms with Gasteiger partial charge in [-0.2, -0.15) is 0 Å². The number of nitrogens with one attached hydrogen (secondary N) is 2. The van der Waals surface area contributed by atoms with Gasteiger partial charge in [0.25, 0.3) is 0 Å². The molecule has 0 aliphatic heterocycles. The number of amides is 2. The highest BCUT2D eigenvalue weighted by atomic mass is 79.9. The standard InChI is InChI=1S/C21H23BrN4O/c1-4-26(5-2)20-12-14(3)18-13-17(10-11-19(18)25-20)24-21(27)23-16-8-6-15(22)7-9-16/h6-13H,4-5H2,1-3H3,(H2,23,24,27). The summed E-state index contributed by atoms with van der Waals surface area (Å²) in [7, 11) is 0. The Bertz CT molecular complexity index is 952. The summed E-state index contributed by atoms with van der Waals surface area (Å²) in [6.07, 6.45) is 0. The molecule has 0 bridgehead atoms. The molecule has 0 unspecified atom stereocenters. The monoisotopic (exact) mass is 426 g/mol. The van der Waals surface area contributed by atoms with Crippen LogP contribution in [-0.2, 0) is 0 Å². The molecular formula is C21H23BrN4O. The Morgan fingerprint density at radius 3 is 2.30 bits per heavy atom. The smallest absolute Gasteiger partial charge is 0.323 e. The van der Waals surface area contributed by atoms with Crippen LogP contribution in [0, 0.1) is 6.92 Å². The average molecular weight is 427 g/mol. The fraction of sp³-hybridized carbons (Fsp3) is 0.238. The Morgan fingerprint density at radius 1 is 1.00 bits per heavy atom. The van der Waals surface area contributed by atoms with Crippen molar-refractivity contribution in [2.45, 2.75) is 20.8 Å². The lowest BCUT2D eigenvalue weighted by Crippen LogP contribution is -2.23. The predicted molar refractivity (Wildman–Crippen MR) is 117 cm³/mol. The minimum absolute atomic E-state index is 0.276. The van der Waals surface area contributed by atoms with Crippen LogP contribution >= 0.6 is 15.9 Å². The van der Waals surface area contributed by atoms with Gasteiger partial charge in [-0.3, -0.25) is 0 Å². The molecule has 0 spiro atoms. The second-order valence-electron chi connectivity index (χ2n) is 6.29. The SMILES string of the molecule is CCN(CC)c1cc(C)c2cc(NC(=O)Nc3ccc(Br)cc3)ccc2n1. The zero-order chi connectivity index (χ0) is 19.4. The molecule has 3 rings (SSSR count). The van der Waals surface area contributed by atoms with Crippen LogP contribution in [0.4, 0.5) is 22.0 Å². The number of benzene rings is 2. The molecule has 0 saturated carbocycles. The highest BCUT2D eigenvalue weighted by Crippen LogP contribution is 2.25. The van der Waals surface area contributed by atoms with Crippen LogP contribution in [0.1, 0.15) is 19.4 Å². The molecule has 140 valence electrons. The first-order valence-corrected chi connectivity index (χ1v) is 9.79. The molecule has 1 aromatic heterocycles. The molecule has 0 fully saturated rings. The van der Waals surface area contributed by atoms with E-state index >= 15 is 0 Å². The third-order valence-corrected chi connectivity index (χ3v) is 4.98. The topological polar surface area (TPSA) is 57.3 Å². The summed E-state index contributed by atoms with van der Waals surface area (Å²) in [5.74, 6) is 0.985. The minimum Gasteiger partial charge on any atom is -0.357 e. The Balaban J connectivity index is 1.79. The summed E-state index contributed by atoms with van der Waals surface area (Å²) in [6, 6.07) is 15.1. The number of aryl methyl sites for hydroxylation is 1. The molecule has 0 radical (unpaired) electrons. The Hall–Kier alpha value is -2.60. The minimum atomic E-state index is -0.276. The van der Waals surface area contributed by atoms with Crippen molar-refractivity contribution in [3.05, 3.63) is 58.6 Å². The van der Waals surface area contributed by atoms with E-state index in [9.17, 15) is 4.79 Å². The lowest BCUT2D eigenvalue weighted by atomic mass is 10.1. The van der Waals surface area contributed by atoms with Gasteiger partial charge in [0.15, 0.2) is 0 Å². The molecule has 2 aromatic carbocycles. The number of pyridine rings is 1. The van der Waals surface area contributed by atoms with Crippen molar-refractivity contribution in [2.75, 3.05) is 28.6 Å². The number of halogens is 1. The van der Waals surface area contributed by atoms with E-state index in [1.807, 2.05) is 42.5 Å². The number of hydrogen-bond donors (Lipinski definition) is 2. The lowest BCUT2D eigenvalue weighted by Gasteiger charge is -2.21. The summed E-state index contributed by atoms with van der Waals surface area (Å²) in [5.41, 5.74) is 3.53. The van der Waals surface area contributed by atoms with Crippen molar-refractivity contribution in [1.29, 1.82) is 0 Å². The molecule has 27 heavy (non-hydrogen) atoms. The number of fused-ring (bicyclic) bond motifs is 1. The number of carbonyl (C=O) groups excluding carboxylic acids is 1. The zero-order valence-corrected chi connectivity index (χ0v) is 17.3. The highest BCUT2D eigenvalue weighted by molar-refractivity contribution is 9.10. The van der Waals surface area contributed by atoms with Crippen LogP contribution in [0.15, 0.2) is 53.0 Å². The van der Waals surface area contributed by atoms with Gasteiger partial charge in [-0.1, -0.05) is 15.9 Å². The van der Waals surface area contributed by atoms with Crippen molar-refractivity contribution in [3.63, 3.8) is 0 Å². The Kier molecular flexibility index (Phi) is 5.96. The summed E-state index contributed by atoms with van der Waals surface area (Å²) < 4.78 is 0.968. The number of rotatable bonds is 5. The van der Waals surface area contributed by atoms with E-state index in [1.165, 1.54) is 0 Å². The number of carbonyl (C=O) groups is 1. The van der Waals surface area contributed by atoms with Gasteiger partial charge in [0.05, 0.1) is 5.52 Å². The fourth-order valence-electron chi connectivity index (χ4n) is 2.99. The first-order valence-electron chi connectivity index (χ1n) is 9.00. The van der Waals surface area contributed by atoms with E-state index < -0.39 is 0 Å². The molecular weight excluding hydrogens is 404 g/mol. The van der Waals surface area contributed by atoms with Gasteiger partial charge in [0.2, 0.25) is 0 Å². The fourth-order valence-corrected chi connectivity index (χ4v) is 3.25. The normalized spacial score (nSPS) is 10.7. The van der Waals surface area contributed by atoms with Gasteiger partial charge >= 0.3 is 6.03 Å². The number of anilines is 3. The number of hydrogen-bond acceptors (Lipinski definition) is 3. The predicted octanol–water partition coefficient (Wildman–Crippen LogP) is 5.80. The summed E-state index contributed by atoms with van der Waals surface area (Å²) in [6.45, 7) is 8.17. The molecule has 0 aliphatic carbocycles. The first-order chi connectivity index (χ1) is 13.0. The Morgan fingerprint density at radius 2 is 1.63 bits per heavy atom. The molecule has 0 aliphatic rings. The molecule has 2 amide bonds. The van der Waals surface area contributed by atoms with E-state index in [1.54, 1.807) is 0 Å². The second-order valence-corrected chi connectivity index (χ2v) is 7.20. The van der Waals surface area contributed by atoms with Crippen molar-refractivity contribution in [3.8, 4) is 0 Å². The van der Waals surface area contributed by atoms with Crippen LogP contribution in [0.3, 0.4) is 0 Å². The van der Waals surface area contributed by atoms with Crippen molar-refractivity contribution in [2.24, 2.45) is 0 Å². The maximum absolute atomic E-state index is 12.3. The second kappa shape index (κ2) is 8.39. The number of urea groups is 1. The van der Waals surface area contributed by atoms with E-state index in [0.29, 0.717) is 0 Å². The van der Waals surface area contributed by atoms with Crippen LogP contribution in [-0.4, -0.2) is 24.1 Å². The molecule has 1 heterocycles. The van der Waals surface area contributed by atoms with E-state index in [2.05, 4.69) is 58.3 Å².